The molecule has 4 heteroatoms. The Morgan fingerprint density at radius 2 is 2.10 bits per heavy atom. The summed E-state index contributed by atoms with van der Waals surface area (Å²) in [6, 6.07) is 7.97. The number of benzene rings is 1. The lowest BCUT2D eigenvalue weighted by molar-refractivity contribution is 0.0166. The number of carbonyl (C=O) groups excluding carboxylic acids is 1. The monoisotopic (exact) mass is 290 g/mol. The van der Waals surface area contributed by atoms with Gasteiger partial charge in [0.05, 0.1) is 0 Å². The molecule has 0 bridgehead atoms. The molecule has 0 saturated carbocycles. The first-order chi connectivity index (χ1) is 9.85. The lowest BCUT2D eigenvalue weighted by atomic mass is 9.91. The van der Waals surface area contributed by atoms with Crippen molar-refractivity contribution in [3.05, 3.63) is 29.8 Å². The second-order valence-corrected chi connectivity index (χ2v) is 6.84. The lowest BCUT2D eigenvalue weighted by Crippen LogP contribution is -2.43. The third-order valence-electron chi connectivity index (χ3n) is 3.73. The molecule has 4 nitrogen and oxygen atoms in total. The second-order valence-electron chi connectivity index (χ2n) is 6.84. The van der Waals surface area contributed by atoms with Gasteiger partial charge in [-0.25, -0.2) is 4.79 Å². The third kappa shape index (κ3) is 4.66. The van der Waals surface area contributed by atoms with Crippen LogP contribution in [0.5, 0.6) is 0 Å². The van der Waals surface area contributed by atoms with Gasteiger partial charge in [-0.1, -0.05) is 18.2 Å². The molecule has 0 unspecified atom stereocenters. The zero-order valence-electron chi connectivity index (χ0n) is 13.3. The van der Waals surface area contributed by atoms with Crippen molar-refractivity contribution < 1.29 is 9.53 Å². The smallest absolute Gasteiger partial charge is 0.410 e. The van der Waals surface area contributed by atoms with Crippen LogP contribution in [0.3, 0.4) is 0 Å². The molecule has 1 saturated heterocycles. The Bertz CT molecular complexity index is 494. The van der Waals surface area contributed by atoms with Crippen molar-refractivity contribution in [1.29, 1.82) is 0 Å². The maximum atomic E-state index is 12.2. The van der Waals surface area contributed by atoms with Gasteiger partial charge in [0.25, 0.3) is 0 Å². The van der Waals surface area contributed by atoms with Crippen molar-refractivity contribution in [3.63, 3.8) is 0 Å². The Morgan fingerprint density at radius 3 is 2.76 bits per heavy atom. The summed E-state index contributed by atoms with van der Waals surface area (Å²) in [6.45, 7) is 7.24. The summed E-state index contributed by atoms with van der Waals surface area (Å²) in [5.74, 6) is 0.455. The van der Waals surface area contributed by atoms with Gasteiger partial charge in [0.1, 0.15) is 5.60 Å². The zero-order valence-corrected chi connectivity index (χ0v) is 13.3. The lowest BCUT2D eigenvalue weighted by Gasteiger charge is -2.34. The Kier molecular flexibility index (Phi) is 4.76. The highest BCUT2D eigenvalue weighted by atomic mass is 16.6. The molecule has 116 valence electrons. The standard InChI is InChI=1S/C17H26N2O2/c1-17(2,3)21-16(20)19-10-6-7-13(12-19)11-14-8-4-5-9-15(14)18/h4-5,8-9,13H,6-7,10-12,18H2,1-3H3/t13-/m1/s1. The molecular weight excluding hydrogens is 264 g/mol. The molecule has 21 heavy (non-hydrogen) atoms. The van der Waals surface area contributed by atoms with E-state index in [9.17, 15) is 4.79 Å². The van der Waals surface area contributed by atoms with E-state index in [1.54, 1.807) is 0 Å². The second kappa shape index (κ2) is 6.37. The number of ether oxygens (including phenoxy) is 1. The summed E-state index contributed by atoms with van der Waals surface area (Å²) in [5.41, 5.74) is 7.59. The predicted molar refractivity (Wildman–Crippen MR) is 85.1 cm³/mol. The number of piperidine rings is 1. The minimum atomic E-state index is -0.437. The molecule has 0 aromatic heterocycles. The molecule has 1 amide bonds. The van der Waals surface area contributed by atoms with Gasteiger partial charge in [0, 0.05) is 18.8 Å². The number of anilines is 1. The van der Waals surface area contributed by atoms with E-state index in [1.165, 1.54) is 5.56 Å². The summed E-state index contributed by atoms with van der Waals surface area (Å²) in [5, 5.41) is 0. The topological polar surface area (TPSA) is 55.6 Å². The van der Waals surface area contributed by atoms with E-state index < -0.39 is 5.60 Å². The molecule has 2 rings (SSSR count). The van der Waals surface area contributed by atoms with Crippen LogP contribution in [0.1, 0.15) is 39.2 Å². The normalized spacial score (nSPS) is 19.4. The van der Waals surface area contributed by atoms with Crippen molar-refractivity contribution in [1.82, 2.24) is 4.90 Å². The fourth-order valence-electron chi connectivity index (χ4n) is 2.76. The minimum Gasteiger partial charge on any atom is -0.444 e. The van der Waals surface area contributed by atoms with Crippen LogP contribution >= 0.6 is 0 Å². The van der Waals surface area contributed by atoms with Gasteiger partial charge in [-0.05, 0) is 57.6 Å². The van der Waals surface area contributed by atoms with Crippen LogP contribution in [0.4, 0.5) is 10.5 Å². The molecule has 1 aliphatic rings. The van der Waals surface area contributed by atoms with Crippen LogP contribution in [0.15, 0.2) is 24.3 Å². The number of para-hydroxylation sites is 1. The van der Waals surface area contributed by atoms with Crippen LogP contribution in [-0.2, 0) is 11.2 Å². The molecule has 1 fully saturated rings. The molecule has 2 N–H and O–H groups in total. The van der Waals surface area contributed by atoms with E-state index in [4.69, 9.17) is 10.5 Å². The SMILES string of the molecule is CC(C)(C)OC(=O)N1CCC[C@H](Cc2ccccc2N)C1. The van der Waals surface area contributed by atoms with Gasteiger partial charge in [0.15, 0.2) is 0 Å². The molecule has 1 heterocycles. The summed E-state index contributed by atoms with van der Waals surface area (Å²) >= 11 is 0. The van der Waals surface area contributed by atoms with Crippen molar-refractivity contribution in [3.8, 4) is 0 Å². The van der Waals surface area contributed by atoms with Crippen molar-refractivity contribution in [2.45, 2.75) is 45.6 Å². The predicted octanol–water partition coefficient (Wildman–Crippen LogP) is 3.46. The number of nitrogen functional groups attached to an aromatic ring is 1. The average molecular weight is 290 g/mol. The highest BCUT2D eigenvalue weighted by Crippen LogP contribution is 2.24. The van der Waals surface area contributed by atoms with Crippen LogP contribution < -0.4 is 5.73 Å². The summed E-state index contributed by atoms with van der Waals surface area (Å²) in [6.07, 6.45) is 2.88. The number of hydrogen-bond acceptors (Lipinski definition) is 3. The maximum absolute atomic E-state index is 12.2. The molecule has 0 radical (unpaired) electrons. The van der Waals surface area contributed by atoms with Crippen LogP contribution in [-0.4, -0.2) is 29.7 Å². The van der Waals surface area contributed by atoms with Gasteiger partial charge < -0.3 is 15.4 Å². The third-order valence-corrected chi connectivity index (χ3v) is 3.73. The molecule has 0 aliphatic carbocycles. The highest BCUT2D eigenvalue weighted by molar-refractivity contribution is 5.68. The van der Waals surface area contributed by atoms with E-state index >= 15 is 0 Å². The molecule has 1 aliphatic heterocycles. The Hall–Kier alpha value is -1.71. The molecule has 1 atom stereocenters. The maximum Gasteiger partial charge on any atom is 0.410 e. The van der Waals surface area contributed by atoms with Crippen molar-refractivity contribution >= 4 is 11.8 Å². The quantitative estimate of drug-likeness (QED) is 0.849. The van der Waals surface area contributed by atoms with Crippen molar-refractivity contribution in [2.75, 3.05) is 18.8 Å². The number of amides is 1. The number of nitrogens with zero attached hydrogens (tertiary/aromatic N) is 1. The number of carbonyl (C=O) groups is 1. The van der Waals surface area contributed by atoms with Gasteiger partial charge in [-0.3, -0.25) is 0 Å². The number of nitrogens with two attached hydrogens (primary N) is 1. The number of hydrogen-bond donors (Lipinski definition) is 1. The summed E-state index contributed by atoms with van der Waals surface area (Å²) < 4.78 is 5.46. The van der Waals surface area contributed by atoms with Gasteiger partial charge in [-0.2, -0.15) is 0 Å². The van der Waals surface area contributed by atoms with Crippen LogP contribution in [0, 0.1) is 5.92 Å². The number of likely N-dealkylation sites (tertiary alicyclic amines) is 1. The van der Waals surface area contributed by atoms with Crippen LogP contribution in [0.2, 0.25) is 0 Å². The average Bonchev–Trinajstić information content (AvgIpc) is 2.40. The first-order valence-corrected chi connectivity index (χ1v) is 7.66. The Morgan fingerprint density at radius 1 is 1.38 bits per heavy atom. The Balaban J connectivity index is 1.95. The first-order valence-electron chi connectivity index (χ1n) is 7.66. The Labute approximate surface area is 127 Å². The minimum absolute atomic E-state index is 0.201. The van der Waals surface area contributed by atoms with Gasteiger partial charge in [0.2, 0.25) is 0 Å². The molecule has 1 aromatic carbocycles. The van der Waals surface area contributed by atoms with E-state index in [-0.39, 0.29) is 6.09 Å². The fraction of sp³-hybridized carbons (Fsp3) is 0.588. The molecule has 1 aromatic rings. The van der Waals surface area contributed by atoms with E-state index in [0.29, 0.717) is 5.92 Å². The van der Waals surface area contributed by atoms with E-state index in [2.05, 4.69) is 6.07 Å². The van der Waals surface area contributed by atoms with Gasteiger partial charge >= 0.3 is 6.09 Å². The van der Waals surface area contributed by atoms with E-state index in [1.807, 2.05) is 43.9 Å². The summed E-state index contributed by atoms with van der Waals surface area (Å²) in [7, 11) is 0. The van der Waals surface area contributed by atoms with Gasteiger partial charge in [-0.15, -0.1) is 0 Å². The zero-order chi connectivity index (χ0) is 15.5. The van der Waals surface area contributed by atoms with E-state index in [0.717, 1.165) is 38.0 Å². The fourth-order valence-corrected chi connectivity index (χ4v) is 2.76. The highest BCUT2D eigenvalue weighted by Gasteiger charge is 2.27. The largest absolute Gasteiger partial charge is 0.444 e. The van der Waals surface area contributed by atoms with Crippen molar-refractivity contribution in [2.24, 2.45) is 5.92 Å². The van der Waals surface area contributed by atoms with Crippen LogP contribution in [0.25, 0.3) is 0 Å². The number of rotatable bonds is 2. The molecule has 0 spiro atoms. The molecular formula is C17H26N2O2. The summed E-state index contributed by atoms with van der Waals surface area (Å²) in [4.78, 5) is 14.0. The first kappa shape index (κ1) is 15.7.